The molecule has 1 fully saturated rings. The minimum absolute atomic E-state index is 0.150. The minimum atomic E-state index is -0.609. The molecule has 130 valence electrons. The zero-order chi connectivity index (χ0) is 17.8. The van der Waals surface area contributed by atoms with Gasteiger partial charge in [-0.15, -0.1) is 0 Å². The smallest absolute Gasteiger partial charge is 0.265 e. The number of anilines is 2. The second-order valence-corrected chi connectivity index (χ2v) is 6.26. The molecule has 5 heteroatoms. The van der Waals surface area contributed by atoms with Crippen molar-refractivity contribution in [3.8, 4) is 5.75 Å². The van der Waals surface area contributed by atoms with Crippen LogP contribution in [0.3, 0.4) is 0 Å². The summed E-state index contributed by atoms with van der Waals surface area (Å²) < 4.78 is 5.66. The van der Waals surface area contributed by atoms with Crippen molar-refractivity contribution in [2.24, 2.45) is 0 Å². The molecular weight excluding hydrogens is 316 g/mol. The Hall–Kier alpha value is -2.82. The van der Waals surface area contributed by atoms with Crippen LogP contribution in [0.5, 0.6) is 5.75 Å². The Morgan fingerprint density at radius 3 is 2.40 bits per heavy atom. The second-order valence-electron chi connectivity index (χ2n) is 6.26. The highest BCUT2D eigenvalue weighted by Crippen LogP contribution is 2.23. The minimum Gasteiger partial charge on any atom is -0.481 e. The van der Waals surface area contributed by atoms with Gasteiger partial charge in [-0.05, 0) is 56.7 Å². The van der Waals surface area contributed by atoms with Crippen molar-refractivity contribution in [1.82, 2.24) is 0 Å². The van der Waals surface area contributed by atoms with Gasteiger partial charge in [0.15, 0.2) is 6.10 Å². The van der Waals surface area contributed by atoms with Crippen LogP contribution < -0.4 is 15.0 Å². The third kappa shape index (κ3) is 4.18. The number of nitrogens with zero attached hydrogens (tertiary/aromatic N) is 1. The molecule has 0 spiro atoms. The molecule has 0 aromatic heterocycles. The second kappa shape index (κ2) is 7.38. The molecule has 0 radical (unpaired) electrons. The summed E-state index contributed by atoms with van der Waals surface area (Å²) in [4.78, 5) is 25.8. The number of hydrogen-bond donors (Lipinski definition) is 1. The van der Waals surface area contributed by atoms with Gasteiger partial charge in [-0.25, -0.2) is 0 Å². The third-order valence-corrected chi connectivity index (χ3v) is 4.22. The quantitative estimate of drug-likeness (QED) is 0.907. The summed E-state index contributed by atoms with van der Waals surface area (Å²) >= 11 is 0. The van der Waals surface area contributed by atoms with Crippen molar-refractivity contribution < 1.29 is 14.3 Å². The average molecular weight is 338 g/mol. The molecule has 1 unspecified atom stereocenters. The van der Waals surface area contributed by atoms with E-state index in [1.54, 1.807) is 24.0 Å². The van der Waals surface area contributed by atoms with Crippen LogP contribution in [0, 0.1) is 6.92 Å². The fraction of sp³-hybridized carbons (Fsp3) is 0.300. The number of nitrogens with one attached hydrogen (secondary N) is 1. The van der Waals surface area contributed by atoms with Crippen molar-refractivity contribution in [2.45, 2.75) is 32.8 Å². The monoisotopic (exact) mass is 338 g/mol. The molecule has 1 aliphatic heterocycles. The van der Waals surface area contributed by atoms with E-state index < -0.39 is 6.10 Å². The van der Waals surface area contributed by atoms with E-state index in [0.29, 0.717) is 17.9 Å². The van der Waals surface area contributed by atoms with Gasteiger partial charge in [0.05, 0.1) is 0 Å². The molecular formula is C20H22N2O3. The lowest BCUT2D eigenvalue weighted by molar-refractivity contribution is -0.122. The number of carbonyl (C=O) groups is 2. The Morgan fingerprint density at radius 1 is 1.12 bits per heavy atom. The predicted octanol–water partition coefficient (Wildman–Crippen LogP) is 3.53. The highest BCUT2D eigenvalue weighted by molar-refractivity contribution is 5.96. The van der Waals surface area contributed by atoms with Crippen LogP contribution in [0.25, 0.3) is 0 Å². The van der Waals surface area contributed by atoms with E-state index in [1.807, 2.05) is 43.3 Å². The standard InChI is InChI=1S/C20H22N2O3/c1-14-5-11-18(12-6-14)25-15(2)20(24)21-16-7-9-17(10-8-16)22-13-3-4-19(22)23/h5-12,15H,3-4,13H2,1-2H3,(H,21,24). The van der Waals surface area contributed by atoms with Gasteiger partial charge in [0.2, 0.25) is 5.91 Å². The van der Waals surface area contributed by atoms with Gasteiger partial charge >= 0.3 is 0 Å². The van der Waals surface area contributed by atoms with E-state index in [2.05, 4.69) is 5.32 Å². The van der Waals surface area contributed by atoms with E-state index in [9.17, 15) is 9.59 Å². The summed E-state index contributed by atoms with van der Waals surface area (Å²) in [5, 5.41) is 2.83. The highest BCUT2D eigenvalue weighted by Gasteiger charge is 2.21. The molecule has 2 amide bonds. The number of benzene rings is 2. The van der Waals surface area contributed by atoms with E-state index in [1.165, 1.54) is 0 Å². The molecule has 2 aromatic carbocycles. The lowest BCUT2D eigenvalue weighted by atomic mass is 10.2. The van der Waals surface area contributed by atoms with Crippen molar-refractivity contribution >= 4 is 23.2 Å². The maximum absolute atomic E-state index is 12.3. The van der Waals surface area contributed by atoms with Gasteiger partial charge in [-0.3, -0.25) is 9.59 Å². The SMILES string of the molecule is Cc1ccc(OC(C)C(=O)Nc2ccc(N3CCCC3=O)cc2)cc1. The lowest BCUT2D eigenvalue weighted by Gasteiger charge is -2.17. The first-order valence-corrected chi connectivity index (χ1v) is 8.47. The van der Waals surface area contributed by atoms with Crippen LogP contribution in [0.4, 0.5) is 11.4 Å². The predicted molar refractivity (Wildman–Crippen MR) is 97.9 cm³/mol. The summed E-state index contributed by atoms with van der Waals surface area (Å²) in [6.45, 7) is 4.47. The summed E-state index contributed by atoms with van der Waals surface area (Å²) in [5.41, 5.74) is 2.69. The number of hydrogen-bond acceptors (Lipinski definition) is 3. The van der Waals surface area contributed by atoms with Gasteiger partial charge in [0.25, 0.3) is 5.91 Å². The number of amides is 2. The first-order chi connectivity index (χ1) is 12.0. The molecule has 1 saturated heterocycles. The molecule has 5 nitrogen and oxygen atoms in total. The zero-order valence-corrected chi connectivity index (χ0v) is 14.5. The molecule has 0 saturated carbocycles. The molecule has 0 bridgehead atoms. The van der Waals surface area contributed by atoms with E-state index >= 15 is 0 Å². The summed E-state index contributed by atoms with van der Waals surface area (Å²) in [6.07, 6.45) is 0.889. The van der Waals surface area contributed by atoms with Crippen molar-refractivity contribution in [2.75, 3.05) is 16.8 Å². The lowest BCUT2D eigenvalue weighted by Crippen LogP contribution is -2.30. The first-order valence-electron chi connectivity index (χ1n) is 8.47. The fourth-order valence-corrected chi connectivity index (χ4v) is 2.76. The topological polar surface area (TPSA) is 58.6 Å². The first kappa shape index (κ1) is 17.0. The maximum atomic E-state index is 12.3. The van der Waals surface area contributed by atoms with Crippen molar-refractivity contribution in [1.29, 1.82) is 0 Å². The molecule has 2 aromatic rings. The molecule has 1 heterocycles. The summed E-state index contributed by atoms with van der Waals surface area (Å²) in [5.74, 6) is 0.596. The molecule has 3 rings (SSSR count). The maximum Gasteiger partial charge on any atom is 0.265 e. The normalized spacial score (nSPS) is 15.1. The molecule has 1 atom stereocenters. The molecule has 1 aliphatic rings. The molecule has 25 heavy (non-hydrogen) atoms. The van der Waals surface area contributed by atoms with Crippen LogP contribution >= 0.6 is 0 Å². The molecule has 1 N–H and O–H groups in total. The van der Waals surface area contributed by atoms with Crippen LogP contribution in [0.15, 0.2) is 48.5 Å². The number of rotatable bonds is 5. The van der Waals surface area contributed by atoms with Gasteiger partial charge < -0.3 is 15.0 Å². The van der Waals surface area contributed by atoms with Crippen LogP contribution in [0.1, 0.15) is 25.3 Å². The highest BCUT2D eigenvalue weighted by atomic mass is 16.5. The Balaban J connectivity index is 1.58. The summed E-state index contributed by atoms with van der Waals surface area (Å²) in [7, 11) is 0. The van der Waals surface area contributed by atoms with Gasteiger partial charge in [-0.1, -0.05) is 17.7 Å². The Morgan fingerprint density at radius 2 is 1.80 bits per heavy atom. The number of aryl methyl sites for hydroxylation is 1. The van der Waals surface area contributed by atoms with Crippen molar-refractivity contribution in [3.63, 3.8) is 0 Å². The average Bonchev–Trinajstić information content (AvgIpc) is 3.03. The van der Waals surface area contributed by atoms with Gasteiger partial charge in [0.1, 0.15) is 5.75 Å². The van der Waals surface area contributed by atoms with Crippen LogP contribution in [-0.4, -0.2) is 24.5 Å². The number of ether oxygens (including phenoxy) is 1. The number of carbonyl (C=O) groups excluding carboxylic acids is 2. The Kier molecular flexibility index (Phi) is 5.03. The Labute approximate surface area is 147 Å². The largest absolute Gasteiger partial charge is 0.481 e. The van der Waals surface area contributed by atoms with Crippen LogP contribution in [-0.2, 0) is 9.59 Å². The van der Waals surface area contributed by atoms with Gasteiger partial charge in [-0.2, -0.15) is 0 Å². The molecule has 0 aliphatic carbocycles. The van der Waals surface area contributed by atoms with Gasteiger partial charge in [0, 0.05) is 24.3 Å². The third-order valence-electron chi connectivity index (χ3n) is 4.22. The fourth-order valence-electron chi connectivity index (χ4n) is 2.76. The van der Waals surface area contributed by atoms with E-state index in [0.717, 1.165) is 24.2 Å². The Bertz CT molecular complexity index is 754. The zero-order valence-electron chi connectivity index (χ0n) is 14.5. The van der Waals surface area contributed by atoms with E-state index in [-0.39, 0.29) is 11.8 Å². The van der Waals surface area contributed by atoms with E-state index in [4.69, 9.17) is 4.74 Å². The van der Waals surface area contributed by atoms with Crippen LogP contribution in [0.2, 0.25) is 0 Å². The summed E-state index contributed by atoms with van der Waals surface area (Å²) in [6, 6.07) is 14.9. The van der Waals surface area contributed by atoms with Crippen molar-refractivity contribution in [3.05, 3.63) is 54.1 Å².